The highest BCUT2D eigenvalue weighted by Crippen LogP contribution is 2.51. The molecule has 0 heterocycles. The second-order valence-electron chi connectivity index (χ2n) is 8.63. The summed E-state index contributed by atoms with van der Waals surface area (Å²) in [5, 5.41) is 0. The zero-order chi connectivity index (χ0) is 15.7. The van der Waals surface area contributed by atoms with Crippen molar-refractivity contribution in [2.45, 2.75) is 59.0 Å². The average molecular weight is 288 g/mol. The Bertz CT molecular complexity index is 446. The van der Waals surface area contributed by atoms with Crippen molar-refractivity contribution in [3.05, 3.63) is 35.9 Å². The second-order valence-corrected chi connectivity index (χ2v) is 8.63. The van der Waals surface area contributed by atoms with Gasteiger partial charge in [0.15, 0.2) is 0 Å². The first-order chi connectivity index (χ1) is 9.68. The highest BCUT2D eigenvalue weighted by molar-refractivity contribution is 5.15. The zero-order valence-corrected chi connectivity index (χ0v) is 14.4. The third kappa shape index (κ3) is 3.87. The van der Waals surface area contributed by atoms with E-state index in [4.69, 9.17) is 5.73 Å². The van der Waals surface area contributed by atoms with Gasteiger partial charge in [-0.05, 0) is 42.7 Å². The predicted molar refractivity (Wildman–Crippen MR) is 91.1 cm³/mol. The van der Waals surface area contributed by atoms with Gasteiger partial charge < -0.3 is 5.73 Å². The van der Waals surface area contributed by atoms with Gasteiger partial charge in [0, 0.05) is 18.6 Å². The number of hydrogen-bond donors (Lipinski definition) is 1. The first kappa shape index (κ1) is 16.5. The van der Waals surface area contributed by atoms with Crippen molar-refractivity contribution >= 4 is 0 Å². The van der Waals surface area contributed by atoms with E-state index < -0.39 is 0 Å². The van der Waals surface area contributed by atoms with Crippen LogP contribution in [0.4, 0.5) is 0 Å². The summed E-state index contributed by atoms with van der Waals surface area (Å²) in [5.74, 6) is 0. The summed E-state index contributed by atoms with van der Waals surface area (Å²) in [6, 6.07) is 10.7. The number of benzene rings is 1. The maximum absolute atomic E-state index is 6.29. The lowest BCUT2D eigenvalue weighted by atomic mass is 9.58. The molecule has 0 aromatic heterocycles. The molecule has 0 amide bonds. The average Bonchev–Trinajstić information content (AvgIpc) is 2.36. The molecule has 0 saturated heterocycles. The van der Waals surface area contributed by atoms with Crippen molar-refractivity contribution in [1.29, 1.82) is 0 Å². The third-order valence-electron chi connectivity index (χ3n) is 5.02. The van der Waals surface area contributed by atoms with Crippen molar-refractivity contribution in [2.75, 3.05) is 13.6 Å². The van der Waals surface area contributed by atoms with Crippen LogP contribution in [0.3, 0.4) is 0 Å². The Hall–Kier alpha value is -0.860. The maximum atomic E-state index is 6.29. The monoisotopic (exact) mass is 288 g/mol. The van der Waals surface area contributed by atoms with Crippen LogP contribution in [0.5, 0.6) is 0 Å². The molecule has 1 fully saturated rings. The number of nitrogens with two attached hydrogens (primary N) is 1. The number of hydrogen-bond acceptors (Lipinski definition) is 2. The molecule has 1 aliphatic rings. The molecule has 2 nitrogen and oxygen atoms in total. The van der Waals surface area contributed by atoms with Crippen molar-refractivity contribution in [1.82, 2.24) is 4.90 Å². The van der Waals surface area contributed by atoms with Crippen LogP contribution in [0.25, 0.3) is 0 Å². The van der Waals surface area contributed by atoms with Crippen LogP contribution < -0.4 is 5.73 Å². The van der Waals surface area contributed by atoms with E-state index in [-0.39, 0.29) is 5.54 Å². The Kier molecular flexibility index (Phi) is 4.51. The van der Waals surface area contributed by atoms with Gasteiger partial charge in [0.25, 0.3) is 0 Å². The second kappa shape index (κ2) is 5.73. The number of likely N-dealkylation sites (N-methyl/N-ethyl adjacent to an activating group) is 1. The lowest BCUT2D eigenvalue weighted by molar-refractivity contribution is -0.0356. The summed E-state index contributed by atoms with van der Waals surface area (Å²) in [6.45, 7) is 11.3. The lowest BCUT2D eigenvalue weighted by Crippen LogP contribution is -2.59. The van der Waals surface area contributed by atoms with Gasteiger partial charge >= 0.3 is 0 Å². The summed E-state index contributed by atoms with van der Waals surface area (Å²) < 4.78 is 0. The van der Waals surface area contributed by atoms with Crippen LogP contribution in [0.1, 0.15) is 52.5 Å². The van der Waals surface area contributed by atoms with Gasteiger partial charge in [-0.15, -0.1) is 0 Å². The smallest absolute Gasteiger partial charge is 0.0342 e. The molecule has 2 rings (SSSR count). The fraction of sp³-hybridized carbons (Fsp3) is 0.684. The molecule has 0 unspecified atom stereocenters. The molecule has 21 heavy (non-hydrogen) atoms. The Morgan fingerprint density at radius 3 is 1.95 bits per heavy atom. The van der Waals surface area contributed by atoms with Crippen LogP contribution in [0.15, 0.2) is 30.3 Å². The molecule has 0 spiro atoms. The molecular weight excluding hydrogens is 256 g/mol. The largest absolute Gasteiger partial charge is 0.329 e. The topological polar surface area (TPSA) is 29.3 Å². The Morgan fingerprint density at radius 1 is 0.952 bits per heavy atom. The Labute approximate surface area is 130 Å². The lowest BCUT2D eigenvalue weighted by Gasteiger charge is -2.55. The minimum absolute atomic E-state index is 0.112. The molecule has 0 atom stereocenters. The van der Waals surface area contributed by atoms with Crippen molar-refractivity contribution in [3.63, 3.8) is 0 Å². The predicted octanol–water partition coefficient (Wildman–Crippen LogP) is 4.05. The van der Waals surface area contributed by atoms with Crippen molar-refractivity contribution in [3.8, 4) is 0 Å². The summed E-state index contributed by atoms with van der Waals surface area (Å²) in [7, 11) is 2.25. The molecule has 0 aliphatic heterocycles. The molecule has 118 valence electrons. The van der Waals surface area contributed by atoms with Crippen LogP contribution in [0, 0.1) is 10.8 Å². The van der Waals surface area contributed by atoms with Gasteiger partial charge in [0.05, 0.1) is 0 Å². The molecule has 2 N–H and O–H groups in total. The van der Waals surface area contributed by atoms with Crippen molar-refractivity contribution < 1.29 is 0 Å². The summed E-state index contributed by atoms with van der Waals surface area (Å²) in [4.78, 5) is 2.50. The summed E-state index contributed by atoms with van der Waals surface area (Å²) in [6.07, 6.45) is 3.65. The normalized spacial score (nSPS) is 23.2. The zero-order valence-electron chi connectivity index (χ0n) is 14.4. The van der Waals surface area contributed by atoms with E-state index in [1.54, 1.807) is 0 Å². The SMILES string of the molecule is CN(Cc1ccccc1)C1(CN)CC(C)(C)CC(C)(C)C1. The highest BCUT2D eigenvalue weighted by atomic mass is 15.2. The molecule has 1 aromatic carbocycles. The minimum atomic E-state index is 0.112. The van der Waals surface area contributed by atoms with E-state index in [0.717, 1.165) is 13.1 Å². The van der Waals surface area contributed by atoms with Gasteiger partial charge in [-0.1, -0.05) is 58.0 Å². The minimum Gasteiger partial charge on any atom is -0.329 e. The molecule has 1 aliphatic carbocycles. The first-order valence-electron chi connectivity index (χ1n) is 8.13. The quantitative estimate of drug-likeness (QED) is 0.905. The molecule has 0 radical (unpaired) electrons. The van der Waals surface area contributed by atoms with E-state index in [0.29, 0.717) is 10.8 Å². The van der Waals surface area contributed by atoms with E-state index in [1.807, 2.05) is 0 Å². The van der Waals surface area contributed by atoms with Crippen LogP contribution in [0.2, 0.25) is 0 Å². The van der Waals surface area contributed by atoms with Crippen LogP contribution in [-0.4, -0.2) is 24.0 Å². The molecule has 0 bridgehead atoms. The van der Waals surface area contributed by atoms with E-state index >= 15 is 0 Å². The Morgan fingerprint density at radius 2 is 1.48 bits per heavy atom. The number of nitrogens with zero attached hydrogens (tertiary/aromatic N) is 1. The summed E-state index contributed by atoms with van der Waals surface area (Å²) in [5.41, 5.74) is 8.48. The fourth-order valence-electron chi connectivity index (χ4n) is 4.86. The fourth-order valence-corrected chi connectivity index (χ4v) is 4.86. The van der Waals surface area contributed by atoms with Gasteiger partial charge in [-0.25, -0.2) is 0 Å². The highest BCUT2D eigenvalue weighted by Gasteiger charge is 2.48. The molecule has 2 heteroatoms. The van der Waals surface area contributed by atoms with E-state index in [2.05, 4.69) is 70.0 Å². The van der Waals surface area contributed by atoms with Gasteiger partial charge in [0.1, 0.15) is 0 Å². The van der Waals surface area contributed by atoms with E-state index in [9.17, 15) is 0 Å². The van der Waals surface area contributed by atoms with Crippen LogP contribution >= 0.6 is 0 Å². The van der Waals surface area contributed by atoms with Gasteiger partial charge in [-0.2, -0.15) is 0 Å². The Balaban J connectivity index is 2.23. The number of rotatable bonds is 4. The summed E-state index contributed by atoms with van der Waals surface area (Å²) >= 11 is 0. The third-order valence-corrected chi connectivity index (χ3v) is 5.02. The molecule has 1 aromatic rings. The first-order valence-corrected chi connectivity index (χ1v) is 8.13. The van der Waals surface area contributed by atoms with Crippen LogP contribution in [-0.2, 0) is 6.54 Å². The van der Waals surface area contributed by atoms with Crippen molar-refractivity contribution in [2.24, 2.45) is 16.6 Å². The van der Waals surface area contributed by atoms with Gasteiger partial charge in [0.2, 0.25) is 0 Å². The van der Waals surface area contributed by atoms with Gasteiger partial charge in [-0.3, -0.25) is 4.90 Å². The molecular formula is C19H32N2. The molecule has 1 saturated carbocycles. The van der Waals surface area contributed by atoms with E-state index in [1.165, 1.54) is 24.8 Å². The maximum Gasteiger partial charge on any atom is 0.0342 e. The standard InChI is InChI=1S/C19H32N2/c1-17(2)12-18(3,4)14-19(13-17,15-20)21(5)11-16-9-7-6-8-10-16/h6-10H,11-15,20H2,1-5H3.